The third-order valence-electron chi connectivity index (χ3n) is 3.74. The number of phosphoric acid groups is 3. The molecule has 1 fully saturated rings. The number of aromatic nitrogens is 2. The molecule has 0 saturated carbocycles. The lowest BCUT2D eigenvalue weighted by atomic mass is 9.98. The molecule has 1 aliphatic rings. The van der Waals surface area contributed by atoms with Gasteiger partial charge < -0.3 is 30.0 Å². The predicted molar refractivity (Wildman–Crippen MR) is 92.3 cm³/mol. The van der Waals surface area contributed by atoms with Gasteiger partial charge in [-0.15, -0.1) is 0 Å². The van der Waals surface area contributed by atoms with Gasteiger partial charge in [-0.25, -0.2) is 18.5 Å². The van der Waals surface area contributed by atoms with Crippen molar-refractivity contribution >= 4 is 23.5 Å². The van der Waals surface area contributed by atoms with Gasteiger partial charge in [0.25, 0.3) is 5.56 Å². The molecule has 1 aliphatic heterocycles. The molecule has 29 heavy (non-hydrogen) atoms. The Labute approximate surface area is 161 Å². The largest absolute Gasteiger partial charge is 0.490 e. The number of hydrogen-bond donors (Lipinski definition) is 6. The van der Waals surface area contributed by atoms with Crippen molar-refractivity contribution in [2.24, 2.45) is 5.73 Å². The number of aromatic amines is 1. The lowest BCUT2D eigenvalue weighted by Crippen LogP contribution is -2.45. The molecule has 7 N–H and O–H groups in total. The summed E-state index contributed by atoms with van der Waals surface area (Å²) in [6.07, 6.45) is 0.221. The molecule has 166 valence electrons. The summed E-state index contributed by atoms with van der Waals surface area (Å²) >= 11 is 0. The second-order valence-electron chi connectivity index (χ2n) is 6.11. The van der Waals surface area contributed by atoms with Crippen molar-refractivity contribution in [2.45, 2.75) is 31.2 Å². The Kier molecular flexibility index (Phi) is 6.92. The van der Waals surface area contributed by atoms with Gasteiger partial charge in [-0.3, -0.25) is 18.9 Å². The number of phosphoric ester groups is 1. The van der Waals surface area contributed by atoms with Gasteiger partial charge in [0.05, 0.1) is 6.61 Å². The molecule has 0 amide bonds. The van der Waals surface area contributed by atoms with E-state index in [4.69, 9.17) is 25.2 Å². The molecule has 0 aliphatic carbocycles. The molecule has 1 aromatic heterocycles. The Balaban J connectivity index is 2.08. The van der Waals surface area contributed by atoms with E-state index in [1.165, 1.54) is 6.92 Å². The molecule has 0 spiro atoms. The maximum Gasteiger partial charge on any atom is 0.490 e. The van der Waals surface area contributed by atoms with E-state index in [1.54, 1.807) is 0 Å². The molecule has 1 saturated heterocycles. The number of H-pyrrole nitrogens is 1. The topological polar surface area (TPSA) is 250 Å². The Bertz CT molecular complexity index is 1020. The molecule has 2 rings (SSSR count). The standard InChI is InChI=1S/C10H18N3O13P3/c1-10(5-23-28(19,20)26-29(21,22)25-27(16,17)18)6(11)4-8(24-10)13-3-2-7(14)12-9(13)15/h2-3,6,8H,4-5,11H2,1H3,(H,19,20)(H,21,22)(H,12,14,15)(H2,16,17,18). The van der Waals surface area contributed by atoms with Gasteiger partial charge >= 0.3 is 29.2 Å². The van der Waals surface area contributed by atoms with Crippen molar-refractivity contribution in [2.75, 3.05) is 6.61 Å². The van der Waals surface area contributed by atoms with E-state index in [9.17, 15) is 28.2 Å². The van der Waals surface area contributed by atoms with Crippen LogP contribution in [0.25, 0.3) is 0 Å². The van der Waals surface area contributed by atoms with Crippen LogP contribution in [0.1, 0.15) is 19.6 Å². The van der Waals surface area contributed by atoms with Crippen molar-refractivity contribution < 1.29 is 51.2 Å². The summed E-state index contributed by atoms with van der Waals surface area (Å²) in [6, 6.07) is 0.205. The zero-order chi connectivity index (χ0) is 22.3. The van der Waals surface area contributed by atoms with Crippen LogP contribution in [-0.4, -0.2) is 47.4 Å². The quantitative estimate of drug-likeness (QED) is 0.241. The molecular formula is C10H18N3O13P3. The minimum atomic E-state index is -5.66. The average molecular weight is 481 g/mol. The van der Waals surface area contributed by atoms with E-state index >= 15 is 0 Å². The number of rotatable bonds is 8. The number of ether oxygens (including phenoxy) is 1. The number of nitrogens with zero attached hydrogens (tertiary/aromatic N) is 1. The summed E-state index contributed by atoms with van der Waals surface area (Å²) in [7, 11) is -16.5. The summed E-state index contributed by atoms with van der Waals surface area (Å²) in [5.41, 5.74) is 3.01. The highest BCUT2D eigenvalue weighted by atomic mass is 31.3. The van der Waals surface area contributed by atoms with E-state index in [1.807, 2.05) is 4.98 Å². The maximum atomic E-state index is 11.8. The first-order valence-electron chi connectivity index (χ1n) is 7.55. The molecular weight excluding hydrogens is 463 g/mol. The Morgan fingerprint density at radius 1 is 1.24 bits per heavy atom. The Morgan fingerprint density at radius 3 is 2.41 bits per heavy atom. The van der Waals surface area contributed by atoms with Gasteiger partial charge in [-0.05, 0) is 6.92 Å². The smallest absolute Gasteiger partial charge is 0.348 e. The van der Waals surface area contributed by atoms with Crippen LogP contribution in [0.15, 0.2) is 21.9 Å². The Morgan fingerprint density at radius 2 is 1.86 bits per heavy atom. The van der Waals surface area contributed by atoms with Crippen LogP contribution in [0.4, 0.5) is 0 Å². The zero-order valence-corrected chi connectivity index (χ0v) is 17.2. The van der Waals surface area contributed by atoms with Gasteiger partial charge in [0, 0.05) is 24.7 Å². The summed E-state index contributed by atoms with van der Waals surface area (Å²) < 4.78 is 52.1. The average Bonchev–Trinajstić information content (AvgIpc) is 2.77. The normalized spacial score (nSPS) is 29.3. The van der Waals surface area contributed by atoms with Crippen molar-refractivity contribution in [3.63, 3.8) is 0 Å². The maximum absolute atomic E-state index is 11.8. The zero-order valence-electron chi connectivity index (χ0n) is 14.6. The summed E-state index contributed by atoms with van der Waals surface area (Å²) in [5, 5.41) is 0. The SMILES string of the molecule is CC1(COP(=O)(O)OP(=O)(O)OP(=O)(O)O)OC(n2ccc(=O)[nH]c2=O)CC1N. The fraction of sp³-hybridized carbons (Fsp3) is 0.600. The predicted octanol–water partition coefficient (Wildman–Crippen LogP) is -1.12. The minimum Gasteiger partial charge on any atom is -0.348 e. The van der Waals surface area contributed by atoms with Crippen molar-refractivity contribution in [1.29, 1.82) is 0 Å². The summed E-state index contributed by atoms with van der Waals surface area (Å²) in [5.74, 6) is 0. The Hall–Kier alpha value is -0.990. The molecule has 0 radical (unpaired) electrons. The van der Waals surface area contributed by atoms with Crippen LogP contribution in [0.2, 0.25) is 0 Å². The van der Waals surface area contributed by atoms with Crippen LogP contribution < -0.4 is 17.0 Å². The van der Waals surface area contributed by atoms with Gasteiger partial charge in [-0.1, -0.05) is 0 Å². The summed E-state index contributed by atoms with van der Waals surface area (Å²) in [4.78, 5) is 60.6. The fourth-order valence-electron chi connectivity index (χ4n) is 2.39. The van der Waals surface area contributed by atoms with Crippen LogP contribution in [0.5, 0.6) is 0 Å². The molecule has 0 aromatic carbocycles. The monoisotopic (exact) mass is 481 g/mol. The first kappa shape index (κ1) is 24.3. The van der Waals surface area contributed by atoms with Gasteiger partial charge in [0.1, 0.15) is 11.8 Å². The number of hydrogen-bond acceptors (Lipinski definition) is 10. The van der Waals surface area contributed by atoms with Crippen molar-refractivity contribution in [3.8, 4) is 0 Å². The molecule has 5 unspecified atom stereocenters. The van der Waals surface area contributed by atoms with Crippen LogP contribution in [0.3, 0.4) is 0 Å². The van der Waals surface area contributed by atoms with Crippen LogP contribution in [-0.2, 0) is 31.6 Å². The minimum absolute atomic E-state index is 0.0300. The second-order valence-corrected chi connectivity index (χ2v) is 10.5. The van der Waals surface area contributed by atoms with E-state index in [0.29, 0.717) is 0 Å². The van der Waals surface area contributed by atoms with Gasteiger partial charge in [0.2, 0.25) is 0 Å². The molecule has 2 heterocycles. The third kappa shape index (κ3) is 6.76. The molecule has 0 bridgehead atoms. The molecule has 1 aromatic rings. The molecule has 19 heteroatoms. The third-order valence-corrected chi connectivity index (χ3v) is 7.52. The first-order chi connectivity index (χ1) is 13.0. The molecule has 16 nitrogen and oxygen atoms in total. The van der Waals surface area contributed by atoms with E-state index in [-0.39, 0.29) is 6.42 Å². The number of nitrogens with one attached hydrogen (secondary N) is 1. The highest BCUT2D eigenvalue weighted by molar-refractivity contribution is 7.66. The highest BCUT2D eigenvalue weighted by Gasteiger charge is 2.47. The molecule has 5 atom stereocenters. The first-order valence-corrected chi connectivity index (χ1v) is 12.1. The van der Waals surface area contributed by atoms with Crippen molar-refractivity contribution in [1.82, 2.24) is 9.55 Å². The van der Waals surface area contributed by atoms with E-state index in [0.717, 1.165) is 16.8 Å². The van der Waals surface area contributed by atoms with E-state index in [2.05, 4.69) is 13.1 Å². The summed E-state index contributed by atoms with van der Waals surface area (Å²) in [6.45, 7) is 0.561. The van der Waals surface area contributed by atoms with Crippen LogP contribution >= 0.6 is 23.5 Å². The lowest BCUT2D eigenvalue weighted by molar-refractivity contribution is -0.0905. The van der Waals surface area contributed by atoms with Gasteiger partial charge in [0.15, 0.2) is 0 Å². The van der Waals surface area contributed by atoms with Crippen molar-refractivity contribution in [3.05, 3.63) is 33.1 Å². The van der Waals surface area contributed by atoms with E-state index < -0.39 is 59.2 Å². The van der Waals surface area contributed by atoms with Gasteiger partial charge in [-0.2, -0.15) is 8.62 Å². The highest BCUT2D eigenvalue weighted by Crippen LogP contribution is 2.66. The lowest BCUT2D eigenvalue weighted by Gasteiger charge is -2.29. The fourth-order valence-corrected chi connectivity index (χ4v) is 5.51. The second kappa shape index (κ2) is 8.27. The van der Waals surface area contributed by atoms with Crippen LogP contribution in [0, 0.1) is 0 Å². The number of nitrogens with two attached hydrogens (primary N) is 1.